The molecule has 0 aliphatic heterocycles. The normalized spacial score (nSPS) is 13.3. The monoisotopic (exact) mass is 909 g/mol. The molecule has 0 aliphatic rings. The molecule has 0 bridgehead atoms. The summed E-state index contributed by atoms with van der Waals surface area (Å²) >= 11 is 0. The number of hydrogen-bond donors (Lipinski definition) is 0. The molecule has 0 rings (SSSR count). The zero-order valence-electron chi connectivity index (χ0n) is 41.9. The molecule has 6 nitrogen and oxygen atoms in total. The molecule has 0 aromatic carbocycles. The Hall–Kier alpha value is -4.71. The van der Waals surface area contributed by atoms with Gasteiger partial charge in [-0.3, -0.25) is 14.4 Å². The number of carbonyl (C=O) groups is 3. The summed E-state index contributed by atoms with van der Waals surface area (Å²) in [5.74, 6) is -1.06. The van der Waals surface area contributed by atoms with Crippen LogP contribution in [0.2, 0.25) is 0 Å². The lowest BCUT2D eigenvalue weighted by Crippen LogP contribution is -2.30. The minimum absolute atomic E-state index is 0.128. The molecule has 0 aromatic heterocycles. The van der Waals surface area contributed by atoms with Crippen LogP contribution >= 0.6 is 0 Å². The van der Waals surface area contributed by atoms with Crippen LogP contribution in [0.4, 0.5) is 0 Å². The van der Waals surface area contributed by atoms with E-state index in [2.05, 4.69) is 148 Å². The van der Waals surface area contributed by atoms with Crippen molar-refractivity contribution in [1.29, 1.82) is 0 Å². The van der Waals surface area contributed by atoms with E-state index in [0.717, 1.165) is 135 Å². The zero-order valence-corrected chi connectivity index (χ0v) is 41.9. The summed E-state index contributed by atoms with van der Waals surface area (Å²) in [4.78, 5) is 38.0. The third kappa shape index (κ3) is 50.3. The van der Waals surface area contributed by atoms with Crippen LogP contribution in [0, 0.1) is 0 Å². The molecule has 0 amide bonds. The summed E-state index contributed by atoms with van der Waals surface area (Å²) in [7, 11) is 0. The molecule has 0 radical (unpaired) electrons. The second-order valence-corrected chi connectivity index (χ2v) is 16.3. The van der Waals surface area contributed by atoms with Crippen molar-refractivity contribution in [2.45, 2.75) is 200 Å². The van der Waals surface area contributed by atoms with Gasteiger partial charge < -0.3 is 14.2 Å². The Morgan fingerprint density at radius 2 is 0.652 bits per heavy atom. The molecule has 0 saturated carbocycles. The highest BCUT2D eigenvalue weighted by Crippen LogP contribution is 2.12. The van der Waals surface area contributed by atoms with Gasteiger partial charge in [0.15, 0.2) is 6.10 Å². The average molecular weight is 909 g/mol. The van der Waals surface area contributed by atoms with Crippen LogP contribution in [-0.2, 0) is 28.6 Å². The van der Waals surface area contributed by atoms with Gasteiger partial charge in [-0.15, -0.1) is 0 Å². The molecule has 0 aliphatic carbocycles. The highest BCUT2D eigenvalue weighted by atomic mass is 16.6. The van der Waals surface area contributed by atoms with Gasteiger partial charge in [0.2, 0.25) is 0 Å². The third-order valence-electron chi connectivity index (χ3n) is 10.1. The van der Waals surface area contributed by atoms with E-state index in [1.807, 2.05) is 18.2 Å². The van der Waals surface area contributed by atoms with Crippen molar-refractivity contribution >= 4 is 17.9 Å². The van der Waals surface area contributed by atoms with Crippen LogP contribution in [0.3, 0.4) is 0 Å². The quantitative estimate of drug-likeness (QED) is 0.0199. The Morgan fingerprint density at radius 3 is 1.08 bits per heavy atom. The van der Waals surface area contributed by atoms with Gasteiger partial charge in [-0.2, -0.15) is 0 Å². The average Bonchev–Trinajstić information content (AvgIpc) is 3.31. The van der Waals surface area contributed by atoms with Crippen molar-refractivity contribution in [2.24, 2.45) is 0 Å². The Morgan fingerprint density at radius 1 is 0.318 bits per heavy atom. The van der Waals surface area contributed by atoms with Crippen LogP contribution < -0.4 is 0 Å². The molecule has 0 heterocycles. The van der Waals surface area contributed by atoms with Crippen molar-refractivity contribution in [3.8, 4) is 0 Å². The summed E-state index contributed by atoms with van der Waals surface area (Å²) in [5, 5.41) is 0. The minimum atomic E-state index is -0.838. The Balaban J connectivity index is 4.56. The summed E-state index contributed by atoms with van der Waals surface area (Å²) in [6.45, 7) is 6.16. The van der Waals surface area contributed by atoms with Gasteiger partial charge in [0.25, 0.3) is 0 Å². The highest BCUT2D eigenvalue weighted by molar-refractivity contribution is 5.71. The van der Waals surface area contributed by atoms with Gasteiger partial charge in [0.1, 0.15) is 13.2 Å². The van der Waals surface area contributed by atoms with Gasteiger partial charge in [0.05, 0.1) is 0 Å². The zero-order chi connectivity index (χ0) is 47.9. The van der Waals surface area contributed by atoms with E-state index in [9.17, 15) is 14.4 Å². The lowest BCUT2D eigenvalue weighted by atomic mass is 10.1. The van der Waals surface area contributed by atoms with Gasteiger partial charge in [-0.1, -0.05) is 212 Å². The molecule has 0 fully saturated rings. The van der Waals surface area contributed by atoms with Crippen molar-refractivity contribution in [3.05, 3.63) is 146 Å². The highest BCUT2D eigenvalue weighted by Gasteiger charge is 2.19. The smallest absolute Gasteiger partial charge is 0.306 e. The number of carbonyl (C=O) groups excluding carboxylic acids is 3. The fraction of sp³-hybridized carbons (Fsp3) is 0.550. The Labute approximate surface area is 404 Å². The summed E-state index contributed by atoms with van der Waals surface area (Å²) in [6, 6.07) is 0. The number of esters is 3. The van der Waals surface area contributed by atoms with Gasteiger partial charge in [0, 0.05) is 19.3 Å². The molecule has 0 aromatic rings. The van der Waals surface area contributed by atoms with E-state index in [1.54, 1.807) is 0 Å². The van der Waals surface area contributed by atoms with E-state index in [1.165, 1.54) is 12.8 Å². The second kappa shape index (κ2) is 52.9. The minimum Gasteiger partial charge on any atom is -0.462 e. The molecule has 0 saturated heterocycles. The number of unbranched alkanes of at least 4 members (excludes halogenated alkanes) is 11. The molecule has 0 N–H and O–H groups in total. The predicted octanol–water partition coefficient (Wildman–Crippen LogP) is 17.3. The van der Waals surface area contributed by atoms with Crippen molar-refractivity contribution in [1.82, 2.24) is 0 Å². The molecule has 1 atom stereocenters. The summed E-state index contributed by atoms with van der Waals surface area (Å²) in [6.07, 6.45) is 75.6. The molecular formula is C60H92O6. The standard InChI is InChI=1S/C60H92O6/c1-4-7-10-13-16-19-22-25-27-29-30-31-33-35-38-41-44-47-50-53-59(62)65-56-57(55-64-58(61)52-49-46-43-40-37-34-24-21-18-15-12-9-6-3)66-60(63)54-51-48-45-42-39-36-32-28-26-23-20-17-14-11-8-5-2/h7-12,15-21,24-28,30-31,36,39,45,48,57H,4-6,13-14,22-23,29,32-35,37-38,40-44,46-47,49-56H2,1-3H3/b10-7-,11-8-,12-9-,18-15-,19-16-,20-17-,24-21-,27-25-,28-26-,31-30-,39-36-,48-45-. The topological polar surface area (TPSA) is 78.9 Å². The predicted molar refractivity (Wildman–Crippen MR) is 283 cm³/mol. The third-order valence-corrected chi connectivity index (χ3v) is 10.1. The fourth-order valence-corrected chi connectivity index (χ4v) is 6.36. The number of ether oxygens (including phenoxy) is 3. The Bertz CT molecular complexity index is 1510. The lowest BCUT2D eigenvalue weighted by Gasteiger charge is -2.18. The van der Waals surface area contributed by atoms with Crippen molar-refractivity contribution in [2.75, 3.05) is 13.2 Å². The lowest BCUT2D eigenvalue weighted by molar-refractivity contribution is -0.166. The largest absolute Gasteiger partial charge is 0.462 e. The molecule has 0 spiro atoms. The first kappa shape index (κ1) is 61.3. The van der Waals surface area contributed by atoms with Crippen LogP contribution in [0.5, 0.6) is 0 Å². The fourth-order valence-electron chi connectivity index (χ4n) is 6.36. The number of rotatable bonds is 44. The van der Waals surface area contributed by atoms with E-state index in [-0.39, 0.29) is 31.6 Å². The molecule has 6 heteroatoms. The molecule has 1 unspecified atom stereocenters. The SMILES string of the molecule is CC\C=C/C=C\C=C/CCCCCCCC(=O)OCC(COC(=O)CCCCCCCC/C=C\C/C=C\C/C=C\C/C=C\CC)OC(=O)CC/C=C\C/C=C\C/C=C\C/C=C\C/C=C\CC. The first-order valence-electron chi connectivity index (χ1n) is 25.9. The first-order chi connectivity index (χ1) is 32.5. The van der Waals surface area contributed by atoms with Gasteiger partial charge in [-0.05, 0) is 109 Å². The molecule has 368 valence electrons. The summed E-state index contributed by atoms with van der Waals surface area (Å²) < 4.78 is 16.7. The Kier molecular flexibility index (Phi) is 49.1. The maximum Gasteiger partial charge on any atom is 0.306 e. The number of allylic oxidation sites excluding steroid dienone is 24. The first-order valence-corrected chi connectivity index (χ1v) is 25.9. The van der Waals surface area contributed by atoms with E-state index in [0.29, 0.717) is 19.3 Å². The van der Waals surface area contributed by atoms with Crippen LogP contribution in [0.1, 0.15) is 194 Å². The van der Waals surface area contributed by atoms with Gasteiger partial charge in [-0.25, -0.2) is 0 Å². The van der Waals surface area contributed by atoms with Crippen LogP contribution in [0.25, 0.3) is 0 Å². The maximum atomic E-state index is 12.8. The van der Waals surface area contributed by atoms with Crippen molar-refractivity contribution in [3.63, 3.8) is 0 Å². The summed E-state index contributed by atoms with van der Waals surface area (Å²) in [5.41, 5.74) is 0. The molecule has 66 heavy (non-hydrogen) atoms. The van der Waals surface area contributed by atoms with E-state index in [4.69, 9.17) is 14.2 Å². The maximum absolute atomic E-state index is 12.8. The second-order valence-electron chi connectivity index (χ2n) is 16.3. The van der Waals surface area contributed by atoms with Crippen LogP contribution in [0.15, 0.2) is 146 Å². The van der Waals surface area contributed by atoms with Crippen molar-refractivity contribution < 1.29 is 28.6 Å². The van der Waals surface area contributed by atoms with Crippen LogP contribution in [-0.4, -0.2) is 37.2 Å². The van der Waals surface area contributed by atoms with E-state index >= 15 is 0 Å². The molecular weight excluding hydrogens is 817 g/mol. The number of hydrogen-bond acceptors (Lipinski definition) is 6. The van der Waals surface area contributed by atoms with E-state index < -0.39 is 12.1 Å². The van der Waals surface area contributed by atoms with Gasteiger partial charge >= 0.3 is 17.9 Å².